The first-order valence-corrected chi connectivity index (χ1v) is 5.84. The molecule has 0 heterocycles. The molecule has 2 fully saturated rings. The van der Waals surface area contributed by atoms with Crippen LogP contribution < -0.4 is 0 Å². The van der Waals surface area contributed by atoms with Crippen molar-refractivity contribution < 1.29 is 14.6 Å². The van der Waals surface area contributed by atoms with Crippen LogP contribution in [-0.4, -0.2) is 23.3 Å². The zero-order valence-electron chi connectivity index (χ0n) is 10.2. The molecule has 1 N–H and O–H groups in total. The number of rotatable bonds is 2. The maximum Gasteiger partial charge on any atom is 0.330 e. The zero-order valence-corrected chi connectivity index (χ0v) is 10.2. The highest BCUT2D eigenvalue weighted by Gasteiger charge is 2.66. The standard InChI is InChI=1S/C13H20O3/c1-5-11(15)16-10-6-8-9(14)7-13(10,4)12(8,2)3/h5,8-10,14H,1,6-7H2,2-4H3. The number of hydrogen-bond donors (Lipinski definition) is 1. The zero-order chi connectivity index (χ0) is 12.1. The average Bonchev–Trinajstić information content (AvgIpc) is 2.47. The number of ether oxygens (including phenoxy) is 1. The molecule has 2 aliphatic carbocycles. The maximum absolute atomic E-state index is 11.3. The highest BCUT2D eigenvalue weighted by molar-refractivity contribution is 5.81. The molecule has 16 heavy (non-hydrogen) atoms. The van der Waals surface area contributed by atoms with Crippen molar-refractivity contribution in [3.63, 3.8) is 0 Å². The van der Waals surface area contributed by atoms with E-state index in [1.54, 1.807) is 0 Å². The van der Waals surface area contributed by atoms with E-state index in [1.165, 1.54) is 6.08 Å². The molecule has 2 aliphatic rings. The summed E-state index contributed by atoms with van der Waals surface area (Å²) in [6.07, 6.45) is 2.36. The molecule has 0 aromatic rings. The Morgan fingerprint density at radius 1 is 1.50 bits per heavy atom. The molecule has 0 spiro atoms. The third kappa shape index (κ3) is 1.27. The fraction of sp³-hybridized carbons (Fsp3) is 0.769. The first-order valence-electron chi connectivity index (χ1n) is 5.84. The predicted molar refractivity (Wildman–Crippen MR) is 60.7 cm³/mol. The minimum atomic E-state index is -0.357. The Morgan fingerprint density at radius 2 is 2.12 bits per heavy atom. The van der Waals surface area contributed by atoms with Crippen molar-refractivity contribution in [3.8, 4) is 0 Å². The lowest BCUT2D eigenvalue weighted by atomic mass is 9.70. The van der Waals surface area contributed by atoms with Crippen molar-refractivity contribution in [2.75, 3.05) is 0 Å². The number of carbonyl (C=O) groups excluding carboxylic acids is 1. The van der Waals surface area contributed by atoms with Gasteiger partial charge in [-0.25, -0.2) is 4.79 Å². The molecule has 90 valence electrons. The summed E-state index contributed by atoms with van der Waals surface area (Å²) in [5.41, 5.74) is -0.0890. The summed E-state index contributed by atoms with van der Waals surface area (Å²) in [5.74, 6) is -0.121. The fourth-order valence-corrected chi connectivity index (χ4v) is 3.60. The monoisotopic (exact) mass is 224 g/mol. The van der Waals surface area contributed by atoms with Crippen molar-refractivity contribution in [2.45, 2.75) is 45.8 Å². The molecule has 0 aromatic heterocycles. The van der Waals surface area contributed by atoms with Crippen molar-refractivity contribution in [1.29, 1.82) is 0 Å². The number of carbonyl (C=O) groups is 1. The lowest BCUT2D eigenvalue weighted by Crippen LogP contribution is -2.39. The van der Waals surface area contributed by atoms with Gasteiger partial charge in [0.2, 0.25) is 0 Å². The van der Waals surface area contributed by atoms with Crippen LogP contribution in [0.4, 0.5) is 0 Å². The van der Waals surface area contributed by atoms with E-state index >= 15 is 0 Å². The van der Waals surface area contributed by atoms with Gasteiger partial charge >= 0.3 is 5.97 Å². The topological polar surface area (TPSA) is 46.5 Å². The minimum absolute atomic E-state index is 0.0263. The first kappa shape index (κ1) is 11.6. The van der Waals surface area contributed by atoms with Crippen LogP contribution in [0.15, 0.2) is 12.7 Å². The van der Waals surface area contributed by atoms with Gasteiger partial charge in [-0.15, -0.1) is 0 Å². The second-order valence-electron chi connectivity index (χ2n) is 5.88. The van der Waals surface area contributed by atoms with Gasteiger partial charge in [-0.1, -0.05) is 27.4 Å². The highest BCUT2D eigenvalue weighted by atomic mass is 16.5. The van der Waals surface area contributed by atoms with Crippen LogP contribution in [0.3, 0.4) is 0 Å². The van der Waals surface area contributed by atoms with Gasteiger partial charge in [0, 0.05) is 11.5 Å². The molecule has 2 bridgehead atoms. The van der Waals surface area contributed by atoms with Gasteiger partial charge in [0.25, 0.3) is 0 Å². The largest absolute Gasteiger partial charge is 0.459 e. The summed E-state index contributed by atoms with van der Waals surface area (Å²) in [5, 5.41) is 9.97. The maximum atomic E-state index is 11.3. The molecule has 0 aromatic carbocycles. The highest BCUT2D eigenvalue weighted by Crippen LogP contribution is 2.66. The molecule has 0 saturated heterocycles. The van der Waals surface area contributed by atoms with Crippen LogP contribution in [0.25, 0.3) is 0 Å². The average molecular weight is 224 g/mol. The van der Waals surface area contributed by atoms with E-state index in [1.807, 2.05) is 0 Å². The van der Waals surface area contributed by atoms with Gasteiger partial charge in [0.1, 0.15) is 6.10 Å². The van der Waals surface area contributed by atoms with E-state index in [-0.39, 0.29) is 34.9 Å². The van der Waals surface area contributed by atoms with Crippen LogP contribution in [0.1, 0.15) is 33.6 Å². The van der Waals surface area contributed by atoms with Gasteiger partial charge in [-0.05, 0) is 24.2 Å². The predicted octanol–water partition coefficient (Wildman–Crippen LogP) is 1.90. The number of aliphatic hydroxyl groups excluding tert-OH is 1. The molecule has 0 aliphatic heterocycles. The number of hydrogen-bond acceptors (Lipinski definition) is 3. The summed E-state index contributed by atoms with van der Waals surface area (Å²) in [4.78, 5) is 11.3. The van der Waals surface area contributed by atoms with Crippen molar-refractivity contribution in [1.82, 2.24) is 0 Å². The quantitative estimate of drug-likeness (QED) is 0.575. The lowest BCUT2D eigenvalue weighted by Gasteiger charge is -2.38. The van der Waals surface area contributed by atoms with E-state index < -0.39 is 0 Å². The molecule has 4 atom stereocenters. The Hall–Kier alpha value is -0.830. The summed E-state index contributed by atoms with van der Waals surface area (Å²) >= 11 is 0. The number of esters is 1. The summed E-state index contributed by atoms with van der Waals surface area (Å²) in [6, 6.07) is 0. The Balaban J connectivity index is 2.23. The van der Waals surface area contributed by atoms with Crippen LogP contribution in [0, 0.1) is 16.7 Å². The fourth-order valence-electron chi connectivity index (χ4n) is 3.60. The Morgan fingerprint density at radius 3 is 2.50 bits per heavy atom. The summed E-state index contributed by atoms with van der Waals surface area (Å²) < 4.78 is 5.41. The third-order valence-corrected chi connectivity index (χ3v) is 5.10. The number of aliphatic hydroxyl groups is 1. The molecule has 3 nitrogen and oxygen atoms in total. The van der Waals surface area contributed by atoms with Gasteiger partial charge in [-0.3, -0.25) is 0 Å². The minimum Gasteiger partial charge on any atom is -0.459 e. The molecule has 3 heteroatoms. The second kappa shape index (κ2) is 3.33. The van der Waals surface area contributed by atoms with Crippen LogP contribution in [-0.2, 0) is 9.53 Å². The Kier molecular flexibility index (Phi) is 2.42. The van der Waals surface area contributed by atoms with E-state index in [9.17, 15) is 9.90 Å². The van der Waals surface area contributed by atoms with Gasteiger partial charge in [-0.2, -0.15) is 0 Å². The lowest BCUT2D eigenvalue weighted by molar-refractivity contribution is -0.151. The summed E-state index contributed by atoms with van der Waals surface area (Å²) in [6.45, 7) is 9.85. The van der Waals surface area contributed by atoms with Crippen molar-refractivity contribution in [2.24, 2.45) is 16.7 Å². The second-order valence-corrected chi connectivity index (χ2v) is 5.88. The number of fused-ring (bicyclic) bond motifs is 2. The van der Waals surface area contributed by atoms with Gasteiger partial charge < -0.3 is 9.84 Å². The van der Waals surface area contributed by atoms with E-state index in [0.717, 1.165) is 12.8 Å². The summed E-state index contributed by atoms with van der Waals surface area (Å²) in [7, 11) is 0. The van der Waals surface area contributed by atoms with Crippen LogP contribution in [0.2, 0.25) is 0 Å². The van der Waals surface area contributed by atoms with E-state index in [4.69, 9.17) is 4.74 Å². The molecular formula is C13H20O3. The van der Waals surface area contributed by atoms with Crippen molar-refractivity contribution in [3.05, 3.63) is 12.7 Å². The smallest absolute Gasteiger partial charge is 0.330 e. The van der Waals surface area contributed by atoms with Crippen molar-refractivity contribution >= 4 is 5.97 Å². The molecule has 4 unspecified atom stereocenters. The Labute approximate surface area is 96.5 Å². The van der Waals surface area contributed by atoms with Gasteiger partial charge in [0.15, 0.2) is 0 Å². The molecule has 2 rings (SSSR count). The van der Waals surface area contributed by atoms with E-state index in [2.05, 4.69) is 27.4 Å². The molecule has 2 saturated carbocycles. The first-order chi connectivity index (χ1) is 7.33. The molecular weight excluding hydrogens is 204 g/mol. The Bertz CT molecular complexity index is 334. The molecule has 0 radical (unpaired) electrons. The SMILES string of the molecule is C=CC(=O)OC1CC2C(O)CC1(C)C2(C)C. The van der Waals surface area contributed by atoms with E-state index in [0.29, 0.717) is 0 Å². The van der Waals surface area contributed by atoms with Crippen LogP contribution in [0.5, 0.6) is 0 Å². The molecule has 0 amide bonds. The van der Waals surface area contributed by atoms with Gasteiger partial charge in [0.05, 0.1) is 6.10 Å². The van der Waals surface area contributed by atoms with Crippen LogP contribution >= 0.6 is 0 Å². The normalized spacial score (nSPS) is 44.4. The third-order valence-electron chi connectivity index (χ3n) is 5.10.